The van der Waals surface area contributed by atoms with Gasteiger partial charge in [0.25, 0.3) is 0 Å². The molecule has 0 unspecified atom stereocenters. The topological polar surface area (TPSA) is 46.3 Å². The molecule has 1 amide bonds. The van der Waals surface area contributed by atoms with Gasteiger partial charge in [0.1, 0.15) is 0 Å². The molecule has 0 aromatic rings. The average molecular weight is 144 g/mol. The van der Waals surface area contributed by atoms with Gasteiger partial charge in [0.05, 0.1) is 6.04 Å². The molecule has 3 nitrogen and oxygen atoms in total. The number of hydrogen-bond acceptors (Lipinski definition) is 2. The van der Waals surface area contributed by atoms with Crippen molar-refractivity contribution in [3.8, 4) is 0 Å². The normalized spacial score (nSPS) is 13.6. The summed E-state index contributed by atoms with van der Waals surface area (Å²) in [6.45, 7) is 2.04. The Morgan fingerprint density at radius 3 is 2.20 bits per heavy atom. The molecule has 0 bridgehead atoms. The second-order valence-corrected chi connectivity index (χ2v) is 2.67. The minimum atomic E-state index is -0.230. The third-order valence-electron chi connectivity index (χ3n) is 1.51. The van der Waals surface area contributed by atoms with E-state index in [2.05, 4.69) is 0 Å². The first kappa shape index (κ1) is 9.43. The molecule has 0 saturated heterocycles. The van der Waals surface area contributed by atoms with Crippen molar-refractivity contribution in [1.82, 2.24) is 4.90 Å². The highest BCUT2D eigenvalue weighted by molar-refractivity contribution is 5.79. The second kappa shape index (κ2) is 4.28. The van der Waals surface area contributed by atoms with Gasteiger partial charge in [0, 0.05) is 0 Å². The summed E-state index contributed by atoms with van der Waals surface area (Å²) in [5, 5.41) is 0. The van der Waals surface area contributed by atoms with Crippen LogP contribution in [-0.4, -0.2) is 30.9 Å². The van der Waals surface area contributed by atoms with Gasteiger partial charge in [0.2, 0.25) is 5.91 Å². The molecular formula is C7H16N2O. The number of carbonyl (C=O) groups is 1. The number of primary amides is 1. The van der Waals surface area contributed by atoms with E-state index in [4.69, 9.17) is 5.73 Å². The van der Waals surface area contributed by atoms with Gasteiger partial charge in [-0.2, -0.15) is 0 Å². The zero-order valence-electron chi connectivity index (χ0n) is 6.92. The molecule has 0 fully saturated rings. The van der Waals surface area contributed by atoms with E-state index in [9.17, 15) is 4.79 Å². The highest BCUT2D eigenvalue weighted by Gasteiger charge is 2.15. The monoisotopic (exact) mass is 144 g/mol. The van der Waals surface area contributed by atoms with Gasteiger partial charge in [0.15, 0.2) is 0 Å². The van der Waals surface area contributed by atoms with E-state index in [-0.39, 0.29) is 11.9 Å². The lowest BCUT2D eigenvalue weighted by atomic mass is 10.1. The zero-order valence-corrected chi connectivity index (χ0v) is 6.92. The molecule has 0 aliphatic rings. The molecular weight excluding hydrogens is 128 g/mol. The summed E-state index contributed by atoms with van der Waals surface area (Å²) in [6, 6.07) is -0.0926. The van der Waals surface area contributed by atoms with E-state index in [1.165, 1.54) is 0 Å². The van der Waals surface area contributed by atoms with Gasteiger partial charge in [-0.05, 0) is 20.5 Å². The number of hydrogen-bond donors (Lipinski definition) is 1. The van der Waals surface area contributed by atoms with Gasteiger partial charge >= 0.3 is 0 Å². The van der Waals surface area contributed by atoms with Crippen LogP contribution in [0.25, 0.3) is 0 Å². The molecule has 2 N–H and O–H groups in total. The zero-order chi connectivity index (χ0) is 8.15. The average Bonchev–Trinajstić information content (AvgIpc) is 1.81. The molecule has 10 heavy (non-hydrogen) atoms. The highest BCUT2D eigenvalue weighted by Crippen LogP contribution is 2.00. The van der Waals surface area contributed by atoms with Crippen molar-refractivity contribution in [2.24, 2.45) is 5.73 Å². The standard InChI is InChI=1S/C7H16N2O/c1-4-5-6(7(8)10)9(2)3/h6H,4-5H2,1-3H3,(H2,8,10)/t6-/m1/s1. The predicted octanol–water partition coefficient (Wildman–Crippen LogP) is 0.202. The molecule has 0 radical (unpaired) electrons. The maximum atomic E-state index is 10.7. The molecule has 0 saturated carbocycles. The van der Waals surface area contributed by atoms with E-state index in [0.29, 0.717) is 0 Å². The fourth-order valence-electron chi connectivity index (χ4n) is 0.928. The lowest BCUT2D eigenvalue weighted by Gasteiger charge is -2.19. The Balaban J connectivity index is 3.85. The van der Waals surface area contributed by atoms with E-state index >= 15 is 0 Å². The number of rotatable bonds is 4. The van der Waals surface area contributed by atoms with Crippen LogP contribution in [-0.2, 0) is 4.79 Å². The van der Waals surface area contributed by atoms with Gasteiger partial charge in [-0.1, -0.05) is 13.3 Å². The summed E-state index contributed by atoms with van der Waals surface area (Å²) < 4.78 is 0. The maximum Gasteiger partial charge on any atom is 0.234 e. The Hall–Kier alpha value is -0.570. The summed E-state index contributed by atoms with van der Waals surface area (Å²) in [4.78, 5) is 12.6. The lowest BCUT2D eigenvalue weighted by Crippen LogP contribution is -2.40. The van der Waals surface area contributed by atoms with E-state index < -0.39 is 0 Å². The molecule has 0 rings (SSSR count). The number of nitrogens with two attached hydrogens (primary N) is 1. The van der Waals surface area contributed by atoms with Crippen molar-refractivity contribution in [3.05, 3.63) is 0 Å². The molecule has 0 spiro atoms. The van der Waals surface area contributed by atoms with Gasteiger partial charge in [-0.25, -0.2) is 0 Å². The minimum Gasteiger partial charge on any atom is -0.368 e. The minimum absolute atomic E-state index is 0.0926. The quantitative estimate of drug-likeness (QED) is 0.612. The first-order chi connectivity index (χ1) is 4.59. The fraction of sp³-hybridized carbons (Fsp3) is 0.857. The van der Waals surface area contributed by atoms with E-state index in [1.807, 2.05) is 25.9 Å². The Kier molecular flexibility index (Phi) is 4.03. The highest BCUT2D eigenvalue weighted by atomic mass is 16.1. The van der Waals surface area contributed by atoms with E-state index in [0.717, 1.165) is 12.8 Å². The molecule has 0 aromatic carbocycles. The summed E-state index contributed by atoms with van der Waals surface area (Å²) >= 11 is 0. The molecule has 3 heteroatoms. The molecule has 0 heterocycles. The van der Waals surface area contributed by atoms with Crippen LogP contribution in [0.1, 0.15) is 19.8 Å². The van der Waals surface area contributed by atoms with Crippen molar-refractivity contribution in [2.75, 3.05) is 14.1 Å². The van der Waals surface area contributed by atoms with Crippen molar-refractivity contribution in [2.45, 2.75) is 25.8 Å². The Morgan fingerprint density at radius 1 is 1.60 bits per heavy atom. The molecule has 0 aliphatic heterocycles. The van der Waals surface area contributed by atoms with Crippen molar-refractivity contribution in [1.29, 1.82) is 0 Å². The maximum absolute atomic E-state index is 10.7. The lowest BCUT2D eigenvalue weighted by molar-refractivity contribution is -0.122. The Labute approximate surface area is 62.2 Å². The first-order valence-electron chi connectivity index (χ1n) is 3.55. The van der Waals surface area contributed by atoms with Crippen LogP contribution < -0.4 is 5.73 Å². The fourth-order valence-corrected chi connectivity index (χ4v) is 0.928. The molecule has 0 aliphatic carbocycles. The number of carbonyl (C=O) groups excluding carboxylic acids is 1. The summed E-state index contributed by atoms with van der Waals surface area (Å²) in [5.74, 6) is -0.230. The van der Waals surface area contributed by atoms with Crippen LogP contribution in [0, 0.1) is 0 Å². The second-order valence-electron chi connectivity index (χ2n) is 2.67. The Morgan fingerprint density at radius 2 is 2.10 bits per heavy atom. The molecule has 60 valence electrons. The van der Waals surface area contributed by atoms with Gasteiger partial charge in [-0.3, -0.25) is 9.69 Å². The van der Waals surface area contributed by atoms with Crippen molar-refractivity contribution < 1.29 is 4.79 Å². The van der Waals surface area contributed by atoms with Crippen LogP contribution in [0.2, 0.25) is 0 Å². The summed E-state index contributed by atoms with van der Waals surface area (Å²) in [6.07, 6.45) is 1.84. The third kappa shape index (κ3) is 2.82. The number of amides is 1. The van der Waals surface area contributed by atoms with E-state index in [1.54, 1.807) is 0 Å². The van der Waals surface area contributed by atoms with Gasteiger partial charge < -0.3 is 5.73 Å². The van der Waals surface area contributed by atoms with Crippen LogP contribution in [0.15, 0.2) is 0 Å². The van der Waals surface area contributed by atoms with Crippen LogP contribution >= 0.6 is 0 Å². The summed E-state index contributed by atoms with van der Waals surface area (Å²) in [5.41, 5.74) is 5.14. The smallest absolute Gasteiger partial charge is 0.234 e. The third-order valence-corrected chi connectivity index (χ3v) is 1.51. The number of nitrogens with zero attached hydrogens (tertiary/aromatic N) is 1. The SMILES string of the molecule is CCC[C@H](C(N)=O)N(C)C. The molecule has 0 aromatic heterocycles. The van der Waals surface area contributed by atoms with Crippen molar-refractivity contribution in [3.63, 3.8) is 0 Å². The molecule has 1 atom stereocenters. The van der Waals surface area contributed by atoms with Crippen LogP contribution in [0.5, 0.6) is 0 Å². The van der Waals surface area contributed by atoms with Crippen LogP contribution in [0.4, 0.5) is 0 Å². The van der Waals surface area contributed by atoms with Crippen LogP contribution in [0.3, 0.4) is 0 Å². The largest absolute Gasteiger partial charge is 0.368 e. The predicted molar refractivity (Wildman–Crippen MR) is 41.6 cm³/mol. The van der Waals surface area contributed by atoms with Crippen molar-refractivity contribution >= 4 is 5.91 Å². The first-order valence-corrected chi connectivity index (χ1v) is 3.55. The number of likely N-dealkylation sites (N-methyl/N-ethyl adjacent to an activating group) is 1. The summed E-state index contributed by atoms with van der Waals surface area (Å²) in [7, 11) is 3.73. The van der Waals surface area contributed by atoms with Gasteiger partial charge in [-0.15, -0.1) is 0 Å². The Bertz CT molecular complexity index is 112.